The lowest BCUT2D eigenvalue weighted by atomic mass is 10.00. The van der Waals surface area contributed by atoms with Crippen molar-refractivity contribution in [1.82, 2.24) is 0 Å². The molecular weight excluding hydrogens is 265 g/mol. The van der Waals surface area contributed by atoms with E-state index in [1.165, 1.54) is 12.1 Å². The molecule has 1 aliphatic heterocycles. The number of carboxylic acids is 1. The number of imide groups is 1. The number of aromatic carboxylic acids is 1. The van der Waals surface area contributed by atoms with E-state index >= 15 is 0 Å². The first-order valence-corrected chi connectivity index (χ1v) is 6.42. The van der Waals surface area contributed by atoms with Gasteiger partial charge in [0.05, 0.1) is 17.4 Å². The summed E-state index contributed by atoms with van der Waals surface area (Å²) in [5, 5.41) is 9.11. The van der Waals surface area contributed by atoms with Gasteiger partial charge in [0.2, 0.25) is 11.8 Å². The van der Waals surface area contributed by atoms with Crippen molar-refractivity contribution in [3.8, 4) is 0 Å². The van der Waals surface area contributed by atoms with Gasteiger partial charge >= 0.3 is 5.97 Å². The van der Waals surface area contributed by atoms with Crippen molar-refractivity contribution in [2.45, 2.75) is 19.3 Å². The van der Waals surface area contributed by atoms with Crippen LogP contribution in [0.2, 0.25) is 0 Å². The summed E-state index contributed by atoms with van der Waals surface area (Å²) in [6.07, 6.45) is 1.99. The van der Waals surface area contributed by atoms with Gasteiger partial charge in [-0.15, -0.1) is 0 Å². The second kappa shape index (κ2) is 4.40. The van der Waals surface area contributed by atoms with E-state index in [2.05, 4.69) is 0 Å². The van der Waals surface area contributed by atoms with E-state index < -0.39 is 41.1 Å². The zero-order chi connectivity index (χ0) is 14.4. The quantitative estimate of drug-likeness (QED) is 0.837. The van der Waals surface area contributed by atoms with Crippen LogP contribution in [0.4, 0.5) is 10.1 Å². The van der Waals surface area contributed by atoms with Crippen LogP contribution in [-0.2, 0) is 9.59 Å². The van der Waals surface area contributed by atoms with E-state index in [1.54, 1.807) is 0 Å². The number of carbonyl (C=O) groups excluding carboxylic acids is 2. The minimum atomic E-state index is -1.36. The Hall–Kier alpha value is -2.24. The molecule has 1 heterocycles. The summed E-state index contributed by atoms with van der Waals surface area (Å²) in [6.45, 7) is 0. The first-order chi connectivity index (χ1) is 9.52. The van der Waals surface area contributed by atoms with Crippen LogP contribution in [0.25, 0.3) is 0 Å². The van der Waals surface area contributed by atoms with Crippen LogP contribution in [-0.4, -0.2) is 22.9 Å². The molecular formula is C14H12FNO4. The molecule has 2 amide bonds. The van der Waals surface area contributed by atoms with Crippen LogP contribution in [0.15, 0.2) is 18.2 Å². The average molecular weight is 277 g/mol. The van der Waals surface area contributed by atoms with Crippen molar-refractivity contribution < 1.29 is 23.9 Å². The van der Waals surface area contributed by atoms with Crippen molar-refractivity contribution >= 4 is 23.5 Å². The lowest BCUT2D eigenvalue weighted by Gasteiger charge is -2.18. The number of carboxylic acid groups (broad SMARTS) is 1. The van der Waals surface area contributed by atoms with Gasteiger partial charge in [-0.25, -0.2) is 14.1 Å². The summed E-state index contributed by atoms with van der Waals surface area (Å²) >= 11 is 0. The van der Waals surface area contributed by atoms with Gasteiger partial charge in [-0.1, -0.05) is 12.5 Å². The molecule has 0 bridgehead atoms. The Morgan fingerprint density at radius 3 is 2.35 bits per heavy atom. The highest BCUT2D eigenvalue weighted by molar-refractivity contribution is 6.24. The van der Waals surface area contributed by atoms with Gasteiger partial charge in [0.1, 0.15) is 11.5 Å². The number of anilines is 1. The predicted octanol–water partition coefficient (Wildman–Crippen LogP) is 1.81. The zero-order valence-electron chi connectivity index (χ0n) is 10.5. The highest BCUT2D eigenvalue weighted by Crippen LogP contribution is 2.42. The second-order valence-electron chi connectivity index (χ2n) is 5.10. The Labute approximate surface area is 114 Å². The number of amides is 2. The largest absolute Gasteiger partial charge is 0.478 e. The van der Waals surface area contributed by atoms with Crippen LogP contribution in [0, 0.1) is 17.7 Å². The molecule has 6 heteroatoms. The number of halogens is 1. The van der Waals surface area contributed by atoms with Crippen LogP contribution < -0.4 is 4.90 Å². The summed E-state index contributed by atoms with van der Waals surface area (Å²) in [5.41, 5.74) is -0.795. The minimum absolute atomic E-state index is 0.369. The molecule has 5 nitrogen and oxygen atoms in total. The van der Waals surface area contributed by atoms with Gasteiger partial charge in [-0.05, 0) is 25.0 Å². The Morgan fingerprint density at radius 1 is 1.20 bits per heavy atom. The van der Waals surface area contributed by atoms with E-state index in [4.69, 9.17) is 5.11 Å². The standard InChI is InChI=1S/C14H12FNO4/c15-10-6-2-5-9(14(19)20)11(10)16-12(17)7-3-1-4-8(7)13(16)18/h2,5-8H,1,3-4H2,(H,19,20). The molecule has 2 fully saturated rings. The molecule has 2 unspecified atom stereocenters. The first kappa shape index (κ1) is 12.8. The number of hydrogen-bond donors (Lipinski definition) is 1. The third-order valence-corrected chi connectivity index (χ3v) is 4.03. The van der Waals surface area contributed by atoms with Crippen LogP contribution >= 0.6 is 0 Å². The molecule has 1 aliphatic carbocycles. The van der Waals surface area contributed by atoms with Crippen molar-refractivity contribution in [2.75, 3.05) is 4.90 Å². The molecule has 1 N–H and O–H groups in total. The molecule has 1 aromatic carbocycles. The molecule has 0 radical (unpaired) electrons. The SMILES string of the molecule is O=C(O)c1cccc(F)c1N1C(=O)C2CCCC2C1=O. The maximum atomic E-state index is 14.0. The molecule has 2 aliphatic rings. The molecule has 1 saturated carbocycles. The van der Waals surface area contributed by atoms with Crippen molar-refractivity contribution in [3.05, 3.63) is 29.6 Å². The molecule has 104 valence electrons. The number of carbonyl (C=O) groups is 3. The average Bonchev–Trinajstić information content (AvgIpc) is 2.96. The van der Waals surface area contributed by atoms with Gasteiger partial charge in [-0.2, -0.15) is 0 Å². The Morgan fingerprint density at radius 2 is 1.80 bits per heavy atom. The lowest BCUT2D eigenvalue weighted by Crippen LogP contribution is -2.33. The van der Waals surface area contributed by atoms with Gasteiger partial charge in [0.15, 0.2) is 0 Å². The summed E-state index contributed by atoms with van der Waals surface area (Å²) in [6, 6.07) is 3.49. The van der Waals surface area contributed by atoms with Gasteiger partial charge in [-0.3, -0.25) is 9.59 Å². The zero-order valence-corrected chi connectivity index (χ0v) is 10.5. The van der Waals surface area contributed by atoms with Crippen molar-refractivity contribution in [2.24, 2.45) is 11.8 Å². The monoisotopic (exact) mass is 277 g/mol. The third kappa shape index (κ3) is 1.64. The Kier molecular flexibility index (Phi) is 2.81. The van der Waals surface area contributed by atoms with Crippen LogP contribution in [0.5, 0.6) is 0 Å². The number of rotatable bonds is 2. The predicted molar refractivity (Wildman–Crippen MR) is 66.7 cm³/mol. The van der Waals surface area contributed by atoms with Gasteiger partial charge in [0.25, 0.3) is 0 Å². The Balaban J connectivity index is 2.12. The maximum Gasteiger partial charge on any atom is 0.337 e. The van der Waals surface area contributed by atoms with E-state index in [9.17, 15) is 18.8 Å². The molecule has 2 atom stereocenters. The molecule has 0 aromatic heterocycles. The number of nitrogens with zero attached hydrogens (tertiary/aromatic N) is 1. The van der Waals surface area contributed by atoms with E-state index in [-0.39, 0.29) is 5.56 Å². The molecule has 1 aromatic rings. The highest BCUT2D eigenvalue weighted by Gasteiger charge is 2.51. The van der Waals surface area contributed by atoms with Gasteiger partial charge in [0, 0.05) is 0 Å². The van der Waals surface area contributed by atoms with E-state index in [1.807, 2.05) is 0 Å². The highest BCUT2D eigenvalue weighted by atomic mass is 19.1. The Bertz CT molecular complexity index is 606. The molecule has 0 spiro atoms. The topological polar surface area (TPSA) is 74.7 Å². The summed E-state index contributed by atoms with van der Waals surface area (Å²) in [7, 11) is 0. The normalized spacial score (nSPS) is 25.1. The van der Waals surface area contributed by atoms with Gasteiger partial charge < -0.3 is 5.11 Å². The van der Waals surface area contributed by atoms with E-state index in [0.29, 0.717) is 12.8 Å². The van der Waals surface area contributed by atoms with E-state index in [0.717, 1.165) is 17.4 Å². The smallest absolute Gasteiger partial charge is 0.337 e. The minimum Gasteiger partial charge on any atom is -0.478 e. The summed E-state index contributed by atoms with van der Waals surface area (Å²) in [4.78, 5) is 36.4. The number of para-hydroxylation sites is 1. The number of hydrogen-bond acceptors (Lipinski definition) is 3. The molecule has 3 rings (SSSR count). The van der Waals surface area contributed by atoms with Crippen molar-refractivity contribution in [3.63, 3.8) is 0 Å². The van der Waals surface area contributed by atoms with Crippen LogP contribution in [0.3, 0.4) is 0 Å². The fraction of sp³-hybridized carbons (Fsp3) is 0.357. The first-order valence-electron chi connectivity index (χ1n) is 6.42. The molecule has 1 saturated heterocycles. The van der Waals surface area contributed by atoms with Crippen LogP contribution in [0.1, 0.15) is 29.6 Å². The molecule has 20 heavy (non-hydrogen) atoms. The fourth-order valence-electron chi connectivity index (χ4n) is 3.13. The third-order valence-electron chi connectivity index (χ3n) is 4.03. The second-order valence-corrected chi connectivity index (χ2v) is 5.10. The number of fused-ring (bicyclic) bond motifs is 1. The fourth-order valence-corrected chi connectivity index (χ4v) is 3.13. The number of benzene rings is 1. The summed E-state index contributed by atoms with van der Waals surface area (Å²) < 4.78 is 14.0. The summed E-state index contributed by atoms with van der Waals surface area (Å²) in [5.74, 6) is -4.05. The maximum absolute atomic E-state index is 14.0. The van der Waals surface area contributed by atoms with Crippen molar-refractivity contribution in [1.29, 1.82) is 0 Å². The lowest BCUT2D eigenvalue weighted by molar-refractivity contribution is -0.122.